The molecule has 0 unspecified atom stereocenters. The fraction of sp³-hybridized carbons (Fsp3) is 0.300. The van der Waals surface area contributed by atoms with Crippen LogP contribution in [-0.4, -0.2) is 32.0 Å². The van der Waals surface area contributed by atoms with Crippen molar-refractivity contribution in [2.45, 2.75) is 20.3 Å². The summed E-state index contributed by atoms with van der Waals surface area (Å²) in [6.07, 6.45) is 0.668. The smallest absolute Gasteiger partial charge is 0.251 e. The van der Waals surface area contributed by atoms with Crippen LogP contribution in [0.2, 0.25) is 0 Å². The van der Waals surface area contributed by atoms with Gasteiger partial charge in [-0.15, -0.1) is 0 Å². The largest absolute Gasteiger partial charge is 0.496 e. The van der Waals surface area contributed by atoms with Crippen LogP contribution in [0.1, 0.15) is 27.0 Å². The van der Waals surface area contributed by atoms with Gasteiger partial charge in [-0.25, -0.2) is 0 Å². The molecule has 0 fully saturated rings. The molecular formula is C20H24N2O3. The van der Waals surface area contributed by atoms with Crippen molar-refractivity contribution in [2.75, 3.05) is 20.2 Å². The summed E-state index contributed by atoms with van der Waals surface area (Å²) in [4.78, 5) is 24.0. The van der Waals surface area contributed by atoms with Crippen molar-refractivity contribution in [3.8, 4) is 5.75 Å². The van der Waals surface area contributed by atoms with Gasteiger partial charge in [-0.1, -0.05) is 24.3 Å². The van der Waals surface area contributed by atoms with Crippen molar-refractivity contribution in [1.29, 1.82) is 0 Å². The van der Waals surface area contributed by atoms with Gasteiger partial charge in [0, 0.05) is 12.1 Å². The van der Waals surface area contributed by atoms with E-state index in [9.17, 15) is 9.59 Å². The first-order chi connectivity index (χ1) is 12.0. The first-order valence-electron chi connectivity index (χ1n) is 8.25. The van der Waals surface area contributed by atoms with Crippen molar-refractivity contribution in [1.82, 2.24) is 10.6 Å². The molecule has 0 aliphatic rings. The van der Waals surface area contributed by atoms with E-state index in [1.165, 1.54) is 0 Å². The summed E-state index contributed by atoms with van der Waals surface area (Å²) >= 11 is 0. The Bertz CT molecular complexity index is 756. The molecule has 0 saturated carbocycles. The number of carbonyl (C=O) groups is 2. The van der Waals surface area contributed by atoms with Gasteiger partial charge in [-0.05, 0) is 55.2 Å². The fourth-order valence-electron chi connectivity index (χ4n) is 2.45. The molecule has 25 heavy (non-hydrogen) atoms. The quantitative estimate of drug-likeness (QED) is 0.813. The molecule has 5 nitrogen and oxygen atoms in total. The Balaban J connectivity index is 1.76. The topological polar surface area (TPSA) is 67.4 Å². The zero-order valence-electron chi connectivity index (χ0n) is 14.9. The molecule has 0 radical (unpaired) electrons. The lowest BCUT2D eigenvalue weighted by molar-refractivity contribution is -0.120. The number of benzene rings is 2. The van der Waals surface area contributed by atoms with Crippen LogP contribution in [0.3, 0.4) is 0 Å². The predicted octanol–water partition coefficient (Wildman–Crippen LogP) is 2.40. The maximum Gasteiger partial charge on any atom is 0.251 e. The van der Waals surface area contributed by atoms with Gasteiger partial charge in [0.05, 0.1) is 13.7 Å². The molecule has 132 valence electrons. The summed E-state index contributed by atoms with van der Waals surface area (Å²) < 4.78 is 5.28. The van der Waals surface area contributed by atoms with Gasteiger partial charge in [0.2, 0.25) is 5.91 Å². The number of amides is 2. The SMILES string of the molecule is COc1ccccc1CCNC(=O)CNC(=O)c1ccc(C)c(C)c1. The normalized spacial score (nSPS) is 10.2. The molecular weight excluding hydrogens is 316 g/mol. The number of carbonyl (C=O) groups excluding carboxylic acids is 2. The monoisotopic (exact) mass is 340 g/mol. The van der Waals surface area contributed by atoms with E-state index < -0.39 is 0 Å². The van der Waals surface area contributed by atoms with Gasteiger partial charge >= 0.3 is 0 Å². The number of nitrogens with one attached hydrogen (secondary N) is 2. The maximum atomic E-state index is 12.1. The van der Waals surface area contributed by atoms with Crippen LogP contribution < -0.4 is 15.4 Å². The lowest BCUT2D eigenvalue weighted by Crippen LogP contribution is -2.37. The van der Waals surface area contributed by atoms with Gasteiger partial charge in [0.1, 0.15) is 5.75 Å². The number of para-hydroxylation sites is 1. The van der Waals surface area contributed by atoms with Crippen LogP contribution in [0, 0.1) is 13.8 Å². The minimum Gasteiger partial charge on any atom is -0.496 e. The van der Waals surface area contributed by atoms with E-state index in [0.717, 1.165) is 22.4 Å². The average Bonchev–Trinajstić information content (AvgIpc) is 2.62. The van der Waals surface area contributed by atoms with Gasteiger partial charge in [0.25, 0.3) is 5.91 Å². The van der Waals surface area contributed by atoms with Gasteiger partial charge in [0.15, 0.2) is 0 Å². The summed E-state index contributed by atoms with van der Waals surface area (Å²) in [7, 11) is 1.62. The van der Waals surface area contributed by atoms with Crippen molar-refractivity contribution < 1.29 is 14.3 Å². The second-order valence-corrected chi connectivity index (χ2v) is 5.89. The maximum absolute atomic E-state index is 12.1. The number of ether oxygens (including phenoxy) is 1. The molecule has 2 rings (SSSR count). The minimum absolute atomic E-state index is 0.0440. The summed E-state index contributed by atoms with van der Waals surface area (Å²) in [5.74, 6) is 0.342. The molecule has 0 spiro atoms. The van der Waals surface area contributed by atoms with Crippen molar-refractivity contribution in [3.63, 3.8) is 0 Å². The van der Waals surface area contributed by atoms with E-state index in [2.05, 4.69) is 10.6 Å². The molecule has 5 heteroatoms. The second kappa shape index (κ2) is 8.87. The number of hydrogen-bond donors (Lipinski definition) is 2. The molecule has 2 aromatic carbocycles. The third-order valence-electron chi connectivity index (χ3n) is 4.09. The molecule has 0 bridgehead atoms. The third-order valence-corrected chi connectivity index (χ3v) is 4.09. The van der Waals surface area contributed by atoms with E-state index >= 15 is 0 Å². The summed E-state index contributed by atoms with van der Waals surface area (Å²) in [5, 5.41) is 5.44. The van der Waals surface area contributed by atoms with Gasteiger partial charge in [-0.3, -0.25) is 9.59 Å². The fourth-order valence-corrected chi connectivity index (χ4v) is 2.45. The van der Waals surface area contributed by atoms with Gasteiger partial charge < -0.3 is 15.4 Å². The number of hydrogen-bond acceptors (Lipinski definition) is 3. The van der Waals surface area contributed by atoms with Crippen molar-refractivity contribution >= 4 is 11.8 Å². The van der Waals surface area contributed by atoms with E-state index in [1.54, 1.807) is 13.2 Å². The Kier molecular flexibility index (Phi) is 6.57. The zero-order valence-corrected chi connectivity index (χ0v) is 14.9. The standard InChI is InChI=1S/C20H24N2O3/c1-14-8-9-17(12-15(14)2)20(24)22-13-19(23)21-11-10-16-6-4-5-7-18(16)25-3/h4-9,12H,10-11,13H2,1-3H3,(H,21,23)(H,22,24). The summed E-state index contributed by atoms with van der Waals surface area (Å²) in [6.45, 7) is 4.39. The average molecular weight is 340 g/mol. The molecule has 0 aliphatic carbocycles. The minimum atomic E-state index is -0.247. The lowest BCUT2D eigenvalue weighted by atomic mass is 10.1. The Morgan fingerprint density at radius 1 is 1.00 bits per heavy atom. The highest BCUT2D eigenvalue weighted by atomic mass is 16.5. The third kappa shape index (κ3) is 5.35. The van der Waals surface area contributed by atoms with E-state index in [1.807, 2.05) is 50.2 Å². The van der Waals surface area contributed by atoms with Gasteiger partial charge in [-0.2, -0.15) is 0 Å². The van der Waals surface area contributed by atoms with Crippen LogP contribution in [0.25, 0.3) is 0 Å². The Hall–Kier alpha value is -2.82. The van der Waals surface area contributed by atoms with E-state index in [0.29, 0.717) is 18.5 Å². The van der Waals surface area contributed by atoms with E-state index in [-0.39, 0.29) is 18.4 Å². The first kappa shape index (κ1) is 18.5. The van der Waals surface area contributed by atoms with E-state index in [4.69, 9.17) is 4.74 Å². The number of methoxy groups -OCH3 is 1. The summed E-state index contributed by atoms with van der Waals surface area (Å²) in [5.41, 5.74) is 3.77. The Labute approximate surface area is 148 Å². The van der Waals surface area contributed by atoms with Crippen molar-refractivity contribution in [2.24, 2.45) is 0 Å². The lowest BCUT2D eigenvalue weighted by Gasteiger charge is -2.10. The molecule has 0 atom stereocenters. The molecule has 2 aromatic rings. The Morgan fingerprint density at radius 3 is 2.48 bits per heavy atom. The number of rotatable bonds is 7. The highest BCUT2D eigenvalue weighted by Crippen LogP contribution is 2.17. The summed E-state index contributed by atoms with van der Waals surface area (Å²) in [6, 6.07) is 13.2. The molecule has 2 amide bonds. The Morgan fingerprint density at radius 2 is 1.76 bits per heavy atom. The van der Waals surface area contributed by atoms with Crippen LogP contribution >= 0.6 is 0 Å². The highest BCUT2D eigenvalue weighted by molar-refractivity contribution is 5.96. The molecule has 0 heterocycles. The predicted molar refractivity (Wildman–Crippen MR) is 98.0 cm³/mol. The van der Waals surface area contributed by atoms with Crippen molar-refractivity contribution in [3.05, 3.63) is 64.7 Å². The van der Waals surface area contributed by atoms with Crippen LogP contribution in [-0.2, 0) is 11.2 Å². The second-order valence-electron chi connectivity index (χ2n) is 5.89. The number of aryl methyl sites for hydroxylation is 2. The van der Waals surface area contributed by atoms with Crippen LogP contribution in [0.5, 0.6) is 5.75 Å². The molecule has 2 N–H and O–H groups in total. The molecule has 0 aliphatic heterocycles. The molecule has 0 saturated heterocycles. The van der Waals surface area contributed by atoms with Crippen LogP contribution in [0.15, 0.2) is 42.5 Å². The first-order valence-corrected chi connectivity index (χ1v) is 8.25. The zero-order chi connectivity index (χ0) is 18.2. The van der Waals surface area contributed by atoms with Crippen LogP contribution in [0.4, 0.5) is 0 Å². The molecule has 0 aromatic heterocycles. The highest BCUT2D eigenvalue weighted by Gasteiger charge is 2.09.